The summed E-state index contributed by atoms with van der Waals surface area (Å²) in [4.78, 5) is 25.7. The van der Waals surface area contributed by atoms with Crippen LogP contribution in [0.25, 0.3) is 5.76 Å². The normalized spacial score (nSPS) is 14.6. The number of carbonyl (C=O) groups excluding carboxylic acids is 2. The maximum atomic E-state index is 13.0. The predicted octanol–water partition coefficient (Wildman–Crippen LogP) is 5.88. The van der Waals surface area contributed by atoms with Crippen molar-refractivity contribution in [2.24, 2.45) is 0 Å². The van der Waals surface area contributed by atoms with Gasteiger partial charge < -0.3 is 10.4 Å². The van der Waals surface area contributed by atoms with Gasteiger partial charge in [-0.15, -0.1) is 0 Å². The number of aliphatic hydroxyl groups is 1. The number of fused-ring (bicyclic) bond motifs is 1. The fraction of sp³-hybridized carbons (Fsp3) is 0.0435. The number of aliphatic hydroxyl groups excluding tert-OH is 1. The van der Waals surface area contributed by atoms with Crippen LogP contribution in [0.1, 0.15) is 27.5 Å². The van der Waals surface area contributed by atoms with Crippen molar-refractivity contribution >= 4 is 46.2 Å². The molecule has 2 N–H and O–H groups in total. The van der Waals surface area contributed by atoms with E-state index in [0.29, 0.717) is 26.9 Å². The summed E-state index contributed by atoms with van der Waals surface area (Å²) in [6.45, 7) is 0. The molecule has 4 rings (SSSR count). The van der Waals surface area contributed by atoms with Crippen molar-refractivity contribution < 1.29 is 14.7 Å². The van der Waals surface area contributed by atoms with Crippen molar-refractivity contribution in [2.75, 3.05) is 5.32 Å². The first-order valence-electron chi connectivity index (χ1n) is 8.85. The van der Waals surface area contributed by atoms with Crippen molar-refractivity contribution in [3.63, 3.8) is 0 Å². The van der Waals surface area contributed by atoms with E-state index in [4.69, 9.17) is 23.2 Å². The Morgan fingerprint density at radius 1 is 0.793 bits per heavy atom. The van der Waals surface area contributed by atoms with Crippen LogP contribution in [-0.4, -0.2) is 16.7 Å². The zero-order valence-corrected chi connectivity index (χ0v) is 16.5. The maximum Gasteiger partial charge on any atom is 0.235 e. The van der Waals surface area contributed by atoms with Crippen LogP contribution in [0.5, 0.6) is 0 Å². The van der Waals surface area contributed by atoms with Gasteiger partial charge in [-0.25, -0.2) is 0 Å². The summed E-state index contributed by atoms with van der Waals surface area (Å²) >= 11 is 12.4. The molecule has 144 valence electrons. The SMILES string of the molecule is O=C1C(=O)c2ccccc2C(O)=C1C(Nc1ccccc1)c1ccc(Cl)cc1Cl. The van der Waals surface area contributed by atoms with E-state index in [1.807, 2.05) is 30.3 Å². The molecular weight excluding hydrogens is 409 g/mol. The van der Waals surface area contributed by atoms with E-state index in [1.54, 1.807) is 36.4 Å². The molecule has 0 radical (unpaired) electrons. The van der Waals surface area contributed by atoms with Crippen LogP contribution in [0.4, 0.5) is 5.69 Å². The number of carbonyl (C=O) groups is 2. The number of para-hydroxylation sites is 1. The smallest absolute Gasteiger partial charge is 0.235 e. The number of hydrogen-bond donors (Lipinski definition) is 2. The summed E-state index contributed by atoms with van der Waals surface area (Å²) in [6.07, 6.45) is 0. The van der Waals surface area contributed by atoms with Crippen LogP contribution in [-0.2, 0) is 4.79 Å². The molecule has 1 unspecified atom stereocenters. The van der Waals surface area contributed by atoms with Crippen LogP contribution in [0.15, 0.2) is 78.4 Å². The lowest BCUT2D eigenvalue weighted by molar-refractivity contribution is -0.112. The molecule has 0 saturated heterocycles. The second-order valence-corrected chi connectivity index (χ2v) is 7.42. The number of Topliss-reactive ketones (excluding diaryl/α,β-unsaturated/α-hetero) is 2. The lowest BCUT2D eigenvalue weighted by atomic mass is 9.83. The second kappa shape index (κ2) is 7.74. The minimum absolute atomic E-state index is 0.0539. The fourth-order valence-electron chi connectivity index (χ4n) is 3.39. The second-order valence-electron chi connectivity index (χ2n) is 6.58. The molecule has 0 aromatic heterocycles. The highest BCUT2D eigenvalue weighted by Gasteiger charge is 2.38. The molecule has 1 atom stereocenters. The number of ketones is 2. The van der Waals surface area contributed by atoms with E-state index in [2.05, 4.69) is 5.32 Å². The van der Waals surface area contributed by atoms with E-state index in [0.717, 1.165) is 0 Å². The summed E-state index contributed by atoms with van der Waals surface area (Å²) in [5, 5.41) is 14.9. The van der Waals surface area contributed by atoms with Gasteiger partial charge in [-0.05, 0) is 29.8 Å². The number of halogens is 2. The molecule has 0 heterocycles. The Morgan fingerprint density at radius 3 is 2.14 bits per heavy atom. The summed E-state index contributed by atoms with van der Waals surface area (Å²) in [5.41, 5.74) is 1.66. The molecule has 1 aliphatic rings. The first-order valence-corrected chi connectivity index (χ1v) is 9.61. The predicted molar refractivity (Wildman–Crippen MR) is 115 cm³/mol. The largest absolute Gasteiger partial charge is 0.507 e. The molecule has 6 heteroatoms. The van der Waals surface area contributed by atoms with Crippen molar-refractivity contribution in [1.82, 2.24) is 0 Å². The van der Waals surface area contributed by atoms with Gasteiger partial charge in [-0.2, -0.15) is 0 Å². The summed E-state index contributed by atoms with van der Waals surface area (Å²) in [5.74, 6) is -1.69. The van der Waals surface area contributed by atoms with Crippen molar-refractivity contribution in [1.29, 1.82) is 0 Å². The molecular formula is C23H15Cl2NO3. The Morgan fingerprint density at radius 2 is 1.45 bits per heavy atom. The first kappa shape index (κ1) is 19.2. The van der Waals surface area contributed by atoms with Gasteiger partial charge in [0.1, 0.15) is 5.76 Å². The zero-order valence-electron chi connectivity index (χ0n) is 15.0. The molecule has 0 fully saturated rings. The van der Waals surface area contributed by atoms with Crippen LogP contribution in [0.2, 0.25) is 10.0 Å². The minimum Gasteiger partial charge on any atom is -0.507 e. The summed E-state index contributed by atoms with van der Waals surface area (Å²) < 4.78 is 0. The van der Waals surface area contributed by atoms with Crippen molar-refractivity contribution in [3.8, 4) is 0 Å². The fourth-order valence-corrected chi connectivity index (χ4v) is 3.91. The van der Waals surface area contributed by atoms with Crippen LogP contribution in [0, 0.1) is 0 Å². The van der Waals surface area contributed by atoms with E-state index >= 15 is 0 Å². The Balaban J connectivity index is 1.93. The van der Waals surface area contributed by atoms with Crippen molar-refractivity contribution in [3.05, 3.63) is 105 Å². The van der Waals surface area contributed by atoms with E-state index in [9.17, 15) is 14.7 Å². The molecule has 0 saturated carbocycles. The Kier molecular flexibility index (Phi) is 5.14. The average molecular weight is 424 g/mol. The highest BCUT2D eigenvalue weighted by molar-refractivity contribution is 6.52. The third-order valence-electron chi connectivity index (χ3n) is 4.78. The molecule has 3 aromatic carbocycles. The molecule has 3 aromatic rings. The quantitative estimate of drug-likeness (QED) is 0.514. The highest BCUT2D eigenvalue weighted by atomic mass is 35.5. The maximum absolute atomic E-state index is 13.0. The number of anilines is 1. The lowest BCUT2D eigenvalue weighted by Crippen LogP contribution is -2.30. The third kappa shape index (κ3) is 3.53. The lowest BCUT2D eigenvalue weighted by Gasteiger charge is -2.27. The van der Waals surface area contributed by atoms with Gasteiger partial charge in [-0.3, -0.25) is 9.59 Å². The van der Waals surface area contributed by atoms with Crippen molar-refractivity contribution in [2.45, 2.75) is 6.04 Å². The van der Waals surface area contributed by atoms with Gasteiger partial charge in [0.05, 0.1) is 11.6 Å². The Bertz CT molecular complexity index is 1160. The van der Waals surface area contributed by atoms with E-state index < -0.39 is 17.6 Å². The summed E-state index contributed by atoms with van der Waals surface area (Å²) in [6, 6.07) is 19.7. The molecule has 0 aliphatic heterocycles. The molecule has 1 aliphatic carbocycles. The van der Waals surface area contributed by atoms with Crippen LogP contribution >= 0.6 is 23.2 Å². The van der Waals surface area contributed by atoms with E-state index in [-0.39, 0.29) is 16.9 Å². The number of benzene rings is 3. The Labute approximate surface area is 177 Å². The van der Waals surface area contributed by atoms with Gasteiger partial charge in [0.2, 0.25) is 11.6 Å². The van der Waals surface area contributed by atoms with E-state index in [1.165, 1.54) is 6.07 Å². The molecule has 0 bridgehead atoms. The highest BCUT2D eigenvalue weighted by Crippen LogP contribution is 2.39. The number of hydrogen-bond acceptors (Lipinski definition) is 4. The molecule has 0 amide bonds. The number of rotatable bonds is 4. The first-order chi connectivity index (χ1) is 14.0. The van der Waals surface area contributed by atoms with Crippen LogP contribution in [0.3, 0.4) is 0 Å². The zero-order chi connectivity index (χ0) is 20.5. The Hall–Kier alpha value is -3.08. The monoisotopic (exact) mass is 423 g/mol. The molecule has 29 heavy (non-hydrogen) atoms. The topological polar surface area (TPSA) is 66.4 Å². The molecule has 4 nitrogen and oxygen atoms in total. The van der Waals surface area contributed by atoms with Gasteiger partial charge in [0.15, 0.2) is 0 Å². The van der Waals surface area contributed by atoms with Gasteiger partial charge in [0, 0.05) is 26.9 Å². The minimum atomic E-state index is -0.855. The number of nitrogens with one attached hydrogen (secondary N) is 1. The standard InChI is InChI=1S/C23H15Cl2NO3/c24-13-10-11-17(18(25)12-13)20(26-14-6-2-1-3-7-14)19-21(27)15-8-4-5-9-16(15)22(28)23(19)29/h1-12,20,26-27H. The summed E-state index contributed by atoms with van der Waals surface area (Å²) in [7, 11) is 0. The van der Waals surface area contributed by atoms with Crippen LogP contribution < -0.4 is 5.32 Å². The van der Waals surface area contributed by atoms with Gasteiger partial charge in [0.25, 0.3) is 0 Å². The van der Waals surface area contributed by atoms with Gasteiger partial charge in [-0.1, -0.05) is 71.7 Å². The average Bonchev–Trinajstić information content (AvgIpc) is 2.72. The third-order valence-corrected chi connectivity index (χ3v) is 5.34. The molecule has 0 spiro atoms. The van der Waals surface area contributed by atoms with Gasteiger partial charge >= 0.3 is 0 Å².